The van der Waals surface area contributed by atoms with Crippen LogP contribution >= 0.6 is 0 Å². The molecule has 0 fully saturated rings. The van der Waals surface area contributed by atoms with Crippen molar-refractivity contribution in [3.05, 3.63) is 84.2 Å². The Morgan fingerprint density at radius 2 is 0.931 bits per heavy atom. The SMILES string of the molecule is O=C([O-])c1ccc2ccccc2n1.O=C([O-])c1ccc2ccccc2n1.[Mn+2].[OH3+].[OH3+]. The maximum absolute atomic E-state index is 10.5. The van der Waals surface area contributed by atoms with Gasteiger partial charge in [0.1, 0.15) is 0 Å². The summed E-state index contributed by atoms with van der Waals surface area (Å²) in [5.74, 6) is -2.49. The quantitative estimate of drug-likeness (QED) is 0.298. The van der Waals surface area contributed by atoms with Gasteiger partial charge in [-0.15, -0.1) is 0 Å². The Morgan fingerprint density at radius 3 is 1.28 bits per heavy atom. The Hall–Kier alpha value is -3.36. The van der Waals surface area contributed by atoms with E-state index in [4.69, 9.17) is 0 Å². The monoisotopic (exact) mass is 437 g/mol. The van der Waals surface area contributed by atoms with Crippen molar-refractivity contribution in [3.8, 4) is 0 Å². The summed E-state index contributed by atoms with van der Waals surface area (Å²) in [6.07, 6.45) is 0. The van der Waals surface area contributed by atoms with E-state index in [1.54, 1.807) is 24.3 Å². The van der Waals surface area contributed by atoms with Gasteiger partial charge in [0.2, 0.25) is 0 Å². The fourth-order valence-corrected chi connectivity index (χ4v) is 2.36. The van der Waals surface area contributed by atoms with E-state index in [-0.39, 0.29) is 39.4 Å². The van der Waals surface area contributed by atoms with Crippen molar-refractivity contribution in [2.75, 3.05) is 0 Å². The number of carbonyl (C=O) groups is 2. The number of aromatic nitrogens is 2. The average molecular weight is 437 g/mol. The van der Waals surface area contributed by atoms with Crippen molar-refractivity contribution in [1.82, 2.24) is 9.97 Å². The number of para-hydroxylation sites is 2. The Kier molecular flexibility index (Phi) is 10.1. The molecular weight excluding hydrogens is 419 g/mol. The van der Waals surface area contributed by atoms with Crippen LogP contribution in [0.4, 0.5) is 0 Å². The normalized spacial score (nSPS) is 9.10. The third-order valence-corrected chi connectivity index (χ3v) is 3.62. The Labute approximate surface area is 175 Å². The molecule has 1 radical (unpaired) electrons. The second-order valence-electron chi connectivity index (χ2n) is 5.35. The third kappa shape index (κ3) is 6.34. The van der Waals surface area contributed by atoms with E-state index >= 15 is 0 Å². The molecule has 6 N–H and O–H groups in total. The summed E-state index contributed by atoms with van der Waals surface area (Å²) in [5, 5.41) is 22.8. The maximum atomic E-state index is 10.5. The third-order valence-electron chi connectivity index (χ3n) is 3.62. The van der Waals surface area contributed by atoms with Gasteiger partial charge in [0.05, 0.1) is 34.4 Å². The van der Waals surface area contributed by atoms with Crippen LogP contribution in [0.1, 0.15) is 21.0 Å². The van der Waals surface area contributed by atoms with Crippen LogP contribution in [0.2, 0.25) is 0 Å². The van der Waals surface area contributed by atoms with E-state index in [0.717, 1.165) is 10.8 Å². The van der Waals surface area contributed by atoms with Crippen molar-refractivity contribution in [2.45, 2.75) is 0 Å². The maximum Gasteiger partial charge on any atom is 2.00 e. The predicted octanol–water partition coefficient (Wildman–Crippen LogP) is -0.650. The van der Waals surface area contributed by atoms with Gasteiger partial charge >= 0.3 is 17.1 Å². The van der Waals surface area contributed by atoms with E-state index in [1.165, 1.54) is 12.1 Å². The van der Waals surface area contributed by atoms with Crippen LogP contribution in [0, 0.1) is 0 Å². The molecule has 149 valence electrons. The van der Waals surface area contributed by atoms with Crippen molar-refractivity contribution < 1.29 is 47.8 Å². The number of hydrogen-bond acceptors (Lipinski definition) is 6. The van der Waals surface area contributed by atoms with Gasteiger partial charge in [0.25, 0.3) is 0 Å². The second kappa shape index (κ2) is 11.5. The van der Waals surface area contributed by atoms with Gasteiger partial charge in [-0.25, -0.2) is 9.97 Å². The van der Waals surface area contributed by atoms with Gasteiger partial charge < -0.3 is 30.8 Å². The van der Waals surface area contributed by atoms with Gasteiger partial charge in [-0.05, 0) is 24.3 Å². The van der Waals surface area contributed by atoms with Crippen LogP contribution in [-0.2, 0) is 28.0 Å². The first-order valence-corrected chi connectivity index (χ1v) is 7.69. The molecule has 0 saturated heterocycles. The first-order chi connectivity index (χ1) is 12.5. The molecule has 4 rings (SSSR count). The summed E-state index contributed by atoms with van der Waals surface area (Å²) in [6.45, 7) is 0. The number of aromatic carboxylic acids is 2. The van der Waals surface area contributed by atoms with E-state index in [9.17, 15) is 19.8 Å². The molecule has 29 heavy (non-hydrogen) atoms. The largest absolute Gasteiger partial charge is 2.00 e. The smallest absolute Gasteiger partial charge is 0.543 e. The number of hydrogen-bond donors (Lipinski definition) is 0. The Balaban J connectivity index is 0.000000490. The van der Waals surface area contributed by atoms with Crippen LogP contribution in [0.15, 0.2) is 72.8 Å². The fourth-order valence-electron chi connectivity index (χ4n) is 2.36. The zero-order valence-electron chi connectivity index (χ0n) is 15.0. The topological polar surface area (TPSA) is 172 Å². The van der Waals surface area contributed by atoms with Crippen LogP contribution in [0.3, 0.4) is 0 Å². The van der Waals surface area contributed by atoms with Gasteiger partial charge in [0, 0.05) is 10.8 Å². The minimum Gasteiger partial charge on any atom is -0.543 e. The van der Waals surface area contributed by atoms with E-state index in [0.29, 0.717) is 11.0 Å². The van der Waals surface area contributed by atoms with E-state index in [2.05, 4.69) is 9.97 Å². The molecular formula is C20H18MnN2O6+2. The molecule has 0 aliphatic carbocycles. The van der Waals surface area contributed by atoms with Crippen molar-refractivity contribution in [3.63, 3.8) is 0 Å². The minimum atomic E-state index is -1.24. The first kappa shape index (κ1) is 25.6. The van der Waals surface area contributed by atoms with Crippen LogP contribution in [0.5, 0.6) is 0 Å². The Bertz CT molecular complexity index is 1030. The first-order valence-electron chi connectivity index (χ1n) is 7.69. The molecule has 0 atom stereocenters. The molecule has 2 heterocycles. The molecule has 0 unspecified atom stereocenters. The summed E-state index contributed by atoms with van der Waals surface area (Å²) < 4.78 is 0. The van der Waals surface area contributed by atoms with Crippen molar-refractivity contribution in [2.24, 2.45) is 0 Å². The minimum absolute atomic E-state index is 0. The molecule has 8 nitrogen and oxygen atoms in total. The summed E-state index contributed by atoms with van der Waals surface area (Å²) in [6, 6.07) is 21.0. The van der Waals surface area contributed by atoms with Crippen LogP contribution < -0.4 is 10.2 Å². The molecule has 2 aromatic heterocycles. The molecule has 4 aromatic rings. The second-order valence-corrected chi connectivity index (χ2v) is 5.35. The molecule has 0 spiro atoms. The number of benzene rings is 2. The summed E-state index contributed by atoms with van der Waals surface area (Å²) >= 11 is 0. The summed E-state index contributed by atoms with van der Waals surface area (Å²) in [5.41, 5.74) is 1.28. The number of carbonyl (C=O) groups excluding carboxylic acids is 2. The molecule has 2 aromatic carbocycles. The predicted molar refractivity (Wildman–Crippen MR) is 102 cm³/mol. The van der Waals surface area contributed by atoms with Crippen LogP contribution in [0.25, 0.3) is 21.8 Å². The van der Waals surface area contributed by atoms with Crippen LogP contribution in [-0.4, -0.2) is 21.9 Å². The molecule has 0 bridgehead atoms. The Morgan fingerprint density at radius 1 is 0.586 bits per heavy atom. The van der Waals surface area contributed by atoms with Crippen molar-refractivity contribution >= 4 is 33.7 Å². The average Bonchev–Trinajstić information content (AvgIpc) is 2.67. The molecule has 0 aliphatic heterocycles. The summed E-state index contributed by atoms with van der Waals surface area (Å²) in [4.78, 5) is 28.8. The number of pyridine rings is 2. The standard InChI is InChI=1S/2C10H7NO2.Mn.2H2O/c2*12-10(13)9-6-5-7-3-1-2-4-8(7)11-9;;;/h2*1-6H,(H,12,13);;2*1H2/q;;+2;;. The fraction of sp³-hybridized carbons (Fsp3) is 0. The van der Waals surface area contributed by atoms with E-state index < -0.39 is 11.9 Å². The number of fused-ring (bicyclic) bond motifs is 2. The molecule has 0 aliphatic rings. The number of rotatable bonds is 2. The zero-order chi connectivity index (χ0) is 18.5. The van der Waals surface area contributed by atoms with Gasteiger partial charge in [-0.2, -0.15) is 0 Å². The van der Waals surface area contributed by atoms with Gasteiger partial charge in [0.15, 0.2) is 0 Å². The zero-order valence-corrected chi connectivity index (χ0v) is 16.2. The summed E-state index contributed by atoms with van der Waals surface area (Å²) in [7, 11) is 0. The van der Waals surface area contributed by atoms with Gasteiger partial charge in [-0.1, -0.05) is 48.5 Å². The van der Waals surface area contributed by atoms with E-state index in [1.807, 2.05) is 36.4 Å². The molecule has 0 saturated carbocycles. The molecule has 0 amide bonds. The number of carboxylic acid groups (broad SMARTS) is 2. The molecule has 9 heteroatoms. The van der Waals surface area contributed by atoms with Crippen molar-refractivity contribution in [1.29, 1.82) is 0 Å². The number of nitrogens with zero attached hydrogens (tertiary/aromatic N) is 2. The number of carboxylic acids is 2. The van der Waals surface area contributed by atoms with Gasteiger partial charge in [-0.3, -0.25) is 0 Å².